The second kappa shape index (κ2) is 6.04. The number of piperidine rings is 1. The van der Waals surface area contributed by atoms with Crippen molar-refractivity contribution in [2.45, 2.75) is 12.8 Å². The first kappa shape index (κ1) is 13.1. The Hall–Kier alpha value is -1.30. The third-order valence-corrected chi connectivity index (χ3v) is 3.69. The van der Waals surface area contributed by atoms with Crippen LogP contribution in [0.3, 0.4) is 0 Å². The summed E-state index contributed by atoms with van der Waals surface area (Å²) >= 11 is 0. The smallest absolute Gasteiger partial charge is 0.320 e. The molecule has 2 amide bonds. The lowest BCUT2D eigenvalue weighted by Crippen LogP contribution is -2.53. The van der Waals surface area contributed by atoms with Gasteiger partial charge in [0, 0.05) is 39.3 Å². The van der Waals surface area contributed by atoms with Crippen molar-refractivity contribution in [1.29, 1.82) is 0 Å². The first-order chi connectivity index (χ1) is 8.72. The van der Waals surface area contributed by atoms with Gasteiger partial charge in [-0.2, -0.15) is 0 Å². The fraction of sp³-hybridized carbons (Fsp3) is 0.833. The average molecular weight is 255 g/mol. The van der Waals surface area contributed by atoms with E-state index in [-0.39, 0.29) is 17.9 Å². The third kappa shape index (κ3) is 2.93. The molecule has 0 bridgehead atoms. The number of ether oxygens (including phenoxy) is 1. The second-order valence-electron chi connectivity index (χ2n) is 4.80. The van der Waals surface area contributed by atoms with E-state index in [0.717, 1.165) is 26.2 Å². The highest BCUT2D eigenvalue weighted by Gasteiger charge is 2.30. The molecule has 0 unspecified atom stereocenters. The minimum Gasteiger partial charge on any atom is -0.469 e. The van der Waals surface area contributed by atoms with Crippen LogP contribution in [0.5, 0.6) is 0 Å². The largest absolute Gasteiger partial charge is 0.469 e. The van der Waals surface area contributed by atoms with E-state index < -0.39 is 0 Å². The van der Waals surface area contributed by atoms with Crippen molar-refractivity contribution < 1.29 is 14.3 Å². The lowest BCUT2D eigenvalue weighted by Gasteiger charge is -2.36. The molecule has 102 valence electrons. The van der Waals surface area contributed by atoms with Gasteiger partial charge in [0.15, 0.2) is 0 Å². The van der Waals surface area contributed by atoms with E-state index in [4.69, 9.17) is 4.74 Å². The van der Waals surface area contributed by atoms with Crippen molar-refractivity contribution in [3.63, 3.8) is 0 Å². The Balaban J connectivity index is 1.81. The third-order valence-electron chi connectivity index (χ3n) is 3.69. The van der Waals surface area contributed by atoms with Crippen LogP contribution in [0.15, 0.2) is 0 Å². The molecular formula is C12H21N3O3. The lowest BCUT2D eigenvalue weighted by molar-refractivity contribution is -0.146. The molecule has 2 saturated heterocycles. The maximum Gasteiger partial charge on any atom is 0.320 e. The molecule has 2 rings (SSSR count). The molecule has 2 aliphatic heterocycles. The fourth-order valence-corrected chi connectivity index (χ4v) is 2.53. The molecule has 2 fully saturated rings. The minimum absolute atomic E-state index is 0.0397. The maximum atomic E-state index is 12.2. The van der Waals surface area contributed by atoms with Crippen LogP contribution in [0, 0.1) is 5.92 Å². The SMILES string of the molecule is COC(=O)C1CCN(C(=O)N2CCNCC2)CC1. The fourth-order valence-electron chi connectivity index (χ4n) is 2.53. The molecule has 0 radical (unpaired) electrons. The van der Waals surface area contributed by atoms with E-state index in [1.54, 1.807) is 0 Å². The Kier molecular flexibility index (Phi) is 4.41. The predicted octanol–water partition coefficient (Wildman–Crippen LogP) is -0.103. The van der Waals surface area contributed by atoms with Gasteiger partial charge in [-0.15, -0.1) is 0 Å². The predicted molar refractivity (Wildman–Crippen MR) is 66.2 cm³/mol. The van der Waals surface area contributed by atoms with Crippen LogP contribution in [0.2, 0.25) is 0 Å². The normalized spacial score (nSPS) is 21.8. The number of urea groups is 1. The number of carbonyl (C=O) groups excluding carboxylic acids is 2. The first-order valence-electron chi connectivity index (χ1n) is 6.55. The molecule has 0 aliphatic carbocycles. The molecule has 0 atom stereocenters. The van der Waals surface area contributed by atoms with Crippen LogP contribution in [-0.2, 0) is 9.53 Å². The minimum atomic E-state index is -0.149. The van der Waals surface area contributed by atoms with Gasteiger partial charge in [0.2, 0.25) is 0 Å². The molecule has 6 heteroatoms. The molecule has 18 heavy (non-hydrogen) atoms. The molecule has 0 aromatic rings. The number of likely N-dealkylation sites (tertiary alicyclic amines) is 1. The number of piperazine rings is 1. The van der Waals surface area contributed by atoms with Crippen LogP contribution in [0.4, 0.5) is 4.79 Å². The van der Waals surface area contributed by atoms with Gasteiger partial charge in [-0.05, 0) is 12.8 Å². The van der Waals surface area contributed by atoms with Gasteiger partial charge in [-0.1, -0.05) is 0 Å². The highest BCUT2D eigenvalue weighted by molar-refractivity contribution is 5.76. The summed E-state index contributed by atoms with van der Waals surface area (Å²) in [7, 11) is 1.42. The number of carbonyl (C=O) groups is 2. The van der Waals surface area contributed by atoms with Crippen LogP contribution in [-0.4, -0.2) is 68.2 Å². The Bertz CT molecular complexity index is 308. The number of amides is 2. The van der Waals surface area contributed by atoms with Gasteiger partial charge in [-0.3, -0.25) is 4.79 Å². The zero-order valence-corrected chi connectivity index (χ0v) is 10.9. The zero-order chi connectivity index (χ0) is 13.0. The molecule has 2 aliphatic rings. The average Bonchev–Trinajstić information content (AvgIpc) is 2.47. The topological polar surface area (TPSA) is 61.9 Å². The van der Waals surface area contributed by atoms with Crippen molar-refractivity contribution in [2.75, 3.05) is 46.4 Å². The quantitative estimate of drug-likeness (QED) is 0.665. The summed E-state index contributed by atoms with van der Waals surface area (Å²) in [5.74, 6) is -0.189. The molecule has 0 aromatic heterocycles. The summed E-state index contributed by atoms with van der Waals surface area (Å²) in [5.41, 5.74) is 0. The van der Waals surface area contributed by atoms with Crippen LogP contribution >= 0.6 is 0 Å². The summed E-state index contributed by atoms with van der Waals surface area (Å²) in [5, 5.41) is 3.23. The molecule has 0 aromatic carbocycles. The van der Waals surface area contributed by atoms with Gasteiger partial charge >= 0.3 is 12.0 Å². The molecular weight excluding hydrogens is 234 g/mol. The summed E-state index contributed by atoms with van der Waals surface area (Å²) in [6.45, 7) is 4.59. The summed E-state index contributed by atoms with van der Waals surface area (Å²) in [4.78, 5) is 27.3. The summed E-state index contributed by atoms with van der Waals surface area (Å²) in [6.07, 6.45) is 1.43. The van der Waals surface area contributed by atoms with Crippen molar-refractivity contribution in [2.24, 2.45) is 5.92 Å². The van der Waals surface area contributed by atoms with E-state index in [0.29, 0.717) is 25.9 Å². The Morgan fingerprint density at radius 1 is 1.06 bits per heavy atom. The van der Waals surface area contributed by atoms with E-state index in [1.165, 1.54) is 7.11 Å². The van der Waals surface area contributed by atoms with Gasteiger partial charge in [0.1, 0.15) is 0 Å². The highest BCUT2D eigenvalue weighted by atomic mass is 16.5. The molecule has 0 saturated carbocycles. The van der Waals surface area contributed by atoms with E-state index in [1.807, 2.05) is 9.80 Å². The Morgan fingerprint density at radius 2 is 1.61 bits per heavy atom. The van der Waals surface area contributed by atoms with Crippen LogP contribution < -0.4 is 5.32 Å². The van der Waals surface area contributed by atoms with Gasteiger partial charge < -0.3 is 19.9 Å². The monoisotopic (exact) mass is 255 g/mol. The Morgan fingerprint density at radius 3 is 2.17 bits per heavy atom. The molecule has 2 heterocycles. The van der Waals surface area contributed by atoms with Crippen LogP contribution in [0.1, 0.15) is 12.8 Å². The number of hydrogen-bond donors (Lipinski definition) is 1. The summed E-state index contributed by atoms with van der Waals surface area (Å²) in [6, 6.07) is 0.111. The maximum absolute atomic E-state index is 12.2. The number of esters is 1. The van der Waals surface area contributed by atoms with Gasteiger partial charge in [0.25, 0.3) is 0 Å². The first-order valence-corrected chi connectivity index (χ1v) is 6.55. The highest BCUT2D eigenvalue weighted by Crippen LogP contribution is 2.19. The van der Waals surface area contributed by atoms with Crippen molar-refractivity contribution >= 4 is 12.0 Å². The number of nitrogens with zero attached hydrogens (tertiary/aromatic N) is 2. The zero-order valence-electron chi connectivity index (χ0n) is 10.9. The molecule has 6 nitrogen and oxygen atoms in total. The second-order valence-corrected chi connectivity index (χ2v) is 4.80. The van der Waals surface area contributed by atoms with E-state index in [9.17, 15) is 9.59 Å². The van der Waals surface area contributed by atoms with Crippen molar-refractivity contribution in [1.82, 2.24) is 15.1 Å². The molecule has 1 N–H and O–H groups in total. The van der Waals surface area contributed by atoms with E-state index in [2.05, 4.69) is 5.32 Å². The molecule has 0 spiro atoms. The number of nitrogens with one attached hydrogen (secondary N) is 1. The van der Waals surface area contributed by atoms with Crippen molar-refractivity contribution in [3.05, 3.63) is 0 Å². The Labute approximate surface area is 107 Å². The number of methoxy groups -OCH3 is 1. The lowest BCUT2D eigenvalue weighted by atomic mass is 9.97. The standard InChI is InChI=1S/C12H21N3O3/c1-18-11(16)10-2-6-14(7-3-10)12(17)15-8-4-13-5-9-15/h10,13H,2-9H2,1H3. The summed E-state index contributed by atoms with van der Waals surface area (Å²) < 4.78 is 4.74. The number of rotatable bonds is 1. The number of hydrogen-bond acceptors (Lipinski definition) is 4. The van der Waals surface area contributed by atoms with Crippen molar-refractivity contribution in [3.8, 4) is 0 Å². The van der Waals surface area contributed by atoms with Crippen LogP contribution in [0.25, 0.3) is 0 Å². The van der Waals surface area contributed by atoms with Gasteiger partial charge in [-0.25, -0.2) is 4.79 Å². The van der Waals surface area contributed by atoms with Gasteiger partial charge in [0.05, 0.1) is 13.0 Å². The van der Waals surface area contributed by atoms with E-state index >= 15 is 0 Å².